The van der Waals surface area contributed by atoms with Crippen LogP contribution in [0.1, 0.15) is 73.3 Å². The number of carbonyl (C=O) groups excluding carboxylic acids is 1. The number of benzene rings is 1. The number of hydrogen-bond acceptors (Lipinski definition) is 6. The molecular weight excluding hydrogens is 504 g/mol. The van der Waals surface area contributed by atoms with Crippen LogP contribution in [0.25, 0.3) is 11.3 Å². The number of rotatable bonds is 4. The molecule has 1 fully saturated rings. The first kappa shape index (κ1) is 27.1. The third-order valence-electron chi connectivity index (χ3n) is 7.70. The van der Waals surface area contributed by atoms with Gasteiger partial charge in [-0.3, -0.25) is 0 Å². The number of nitrogens with zero attached hydrogens (tertiary/aromatic N) is 3. The number of urea groups is 1. The first-order chi connectivity index (χ1) is 18.5. The summed E-state index contributed by atoms with van der Waals surface area (Å²) in [6, 6.07) is 2.61. The molecule has 1 aliphatic carbocycles. The van der Waals surface area contributed by atoms with Crippen LogP contribution in [0, 0.1) is 25.5 Å². The minimum Gasteiger partial charge on any atom is -0.391 e. The molecule has 8 nitrogen and oxygen atoms in total. The number of nitrogens with one attached hydrogen (secondary N) is 2. The van der Waals surface area contributed by atoms with Crippen molar-refractivity contribution in [3.05, 3.63) is 70.4 Å². The van der Waals surface area contributed by atoms with Crippen molar-refractivity contribution in [1.29, 1.82) is 0 Å². The van der Waals surface area contributed by atoms with Crippen LogP contribution in [-0.2, 0) is 10.2 Å². The second-order valence-corrected chi connectivity index (χ2v) is 11.1. The molecule has 0 unspecified atom stereocenters. The Morgan fingerprint density at radius 2 is 1.74 bits per heavy atom. The maximum atomic E-state index is 14.2. The van der Waals surface area contributed by atoms with Crippen LogP contribution in [0.3, 0.4) is 0 Å². The van der Waals surface area contributed by atoms with E-state index in [-0.39, 0.29) is 12.3 Å². The monoisotopic (exact) mass is 537 g/mol. The summed E-state index contributed by atoms with van der Waals surface area (Å²) in [4.78, 5) is 26.9. The van der Waals surface area contributed by atoms with Gasteiger partial charge < -0.3 is 20.5 Å². The molecule has 0 spiro atoms. The molecule has 1 saturated heterocycles. The van der Waals surface area contributed by atoms with E-state index in [9.17, 15) is 18.7 Å². The number of aryl methyl sites for hydroxylation is 2. The summed E-state index contributed by atoms with van der Waals surface area (Å²) in [5, 5.41) is 16.6. The second kappa shape index (κ2) is 10.6. The van der Waals surface area contributed by atoms with E-state index in [1.165, 1.54) is 0 Å². The fraction of sp³-hybridized carbons (Fsp3) is 0.448. The first-order valence-electron chi connectivity index (χ1n) is 13.2. The van der Waals surface area contributed by atoms with Gasteiger partial charge in [-0.25, -0.2) is 28.5 Å². The van der Waals surface area contributed by atoms with E-state index < -0.39 is 35.2 Å². The average Bonchev–Trinajstić information content (AvgIpc) is 2.89. The minimum atomic E-state index is -1.02. The predicted octanol–water partition coefficient (Wildman–Crippen LogP) is 5.23. The Balaban J connectivity index is 1.46. The number of fused-ring (bicyclic) bond motifs is 1. The minimum absolute atomic E-state index is 0.0682. The van der Waals surface area contributed by atoms with Gasteiger partial charge in [0.1, 0.15) is 5.82 Å². The number of aliphatic hydroxyl groups excluding tert-OH is 1. The van der Waals surface area contributed by atoms with Crippen LogP contribution < -0.4 is 10.6 Å². The highest BCUT2D eigenvalue weighted by Crippen LogP contribution is 2.43. The molecule has 1 aromatic carbocycles. The number of aliphatic hydroxyl groups is 1. The van der Waals surface area contributed by atoms with Gasteiger partial charge in [-0.2, -0.15) is 0 Å². The summed E-state index contributed by atoms with van der Waals surface area (Å²) < 4.78 is 33.9. The van der Waals surface area contributed by atoms with E-state index >= 15 is 0 Å². The zero-order valence-corrected chi connectivity index (χ0v) is 22.5. The number of hydrogen-bond donors (Lipinski definition) is 3. The van der Waals surface area contributed by atoms with E-state index in [0.717, 1.165) is 47.5 Å². The molecule has 1 aliphatic heterocycles. The average molecular weight is 538 g/mol. The number of carbonyl (C=O) groups is 1. The third-order valence-corrected chi connectivity index (χ3v) is 7.70. The molecule has 5 rings (SSSR count). The predicted molar refractivity (Wildman–Crippen MR) is 142 cm³/mol. The summed E-state index contributed by atoms with van der Waals surface area (Å²) in [6.07, 6.45) is 4.27. The van der Waals surface area contributed by atoms with Gasteiger partial charge in [0.25, 0.3) is 0 Å². The Kier molecular flexibility index (Phi) is 7.35. The van der Waals surface area contributed by atoms with Crippen LogP contribution in [0.2, 0.25) is 0 Å². The fourth-order valence-corrected chi connectivity index (χ4v) is 5.65. The molecule has 0 bridgehead atoms. The van der Waals surface area contributed by atoms with Crippen LogP contribution in [0.4, 0.5) is 19.3 Å². The summed E-state index contributed by atoms with van der Waals surface area (Å²) in [7, 11) is 0. The van der Waals surface area contributed by atoms with Gasteiger partial charge in [0, 0.05) is 37.1 Å². The van der Waals surface area contributed by atoms with E-state index in [1.54, 1.807) is 12.4 Å². The molecular formula is C29H33F2N5O3. The molecule has 3 N–H and O–H groups in total. The summed E-state index contributed by atoms with van der Waals surface area (Å²) >= 11 is 0. The Morgan fingerprint density at radius 1 is 1.08 bits per heavy atom. The molecule has 2 aliphatic rings. The van der Waals surface area contributed by atoms with Crippen LogP contribution in [-0.4, -0.2) is 45.4 Å². The van der Waals surface area contributed by atoms with E-state index in [4.69, 9.17) is 9.72 Å². The zero-order chi connectivity index (χ0) is 27.9. The van der Waals surface area contributed by atoms with Gasteiger partial charge >= 0.3 is 6.03 Å². The van der Waals surface area contributed by atoms with Gasteiger partial charge in [-0.05, 0) is 73.4 Å². The topological polar surface area (TPSA) is 109 Å². The Morgan fingerprint density at radius 3 is 2.44 bits per heavy atom. The molecule has 39 heavy (non-hydrogen) atoms. The normalized spacial score (nSPS) is 20.8. The lowest BCUT2D eigenvalue weighted by atomic mass is 9.69. The Bertz CT molecular complexity index is 1390. The summed E-state index contributed by atoms with van der Waals surface area (Å²) in [5.41, 5.74) is 3.95. The van der Waals surface area contributed by atoms with E-state index in [2.05, 4.69) is 20.6 Å². The van der Waals surface area contributed by atoms with Crippen molar-refractivity contribution < 1.29 is 23.4 Å². The maximum absolute atomic E-state index is 14.2. The van der Waals surface area contributed by atoms with Gasteiger partial charge in [0.2, 0.25) is 0 Å². The van der Waals surface area contributed by atoms with Gasteiger partial charge in [0.15, 0.2) is 11.6 Å². The zero-order valence-electron chi connectivity index (χ0n) is 22.5. The maximum Gasteiger partial charge on any atom is 0.319 e. The molecule has 2 amide bonds. The van der Waals surface area contributed by atoms with Crippen LogP contribution in [0.15, 0.2) is 30.6 Å². The molecule has 0 saturated carbocycles. The molecule has 10 heteroatoms. The molecule has 3 heterocycles. The highest BCUT2D eigenvalue weighted by atomic mass is 19.2. The second-order valence-electron chi connectivity index (χ2n) is 11.1. The van der Waals surface area contributed by atoms with E-state index in [0.29, 0.717) is 35.9 Å². The number of ether oxygens (including phenoxy) is 1. The molecule has 2 atom stereocenters. The van der Waals surface area contributed by atoms with Crippen LogP contribution in [0.5, 0.6) is 0 Å². The van der Waals surface area contributed by atoms with Crippen molar-refractivity contribution in [3.8, 4) is 11.3 Å². The van der Waals surface area contributed by atoms with Crippen molar-refractivity contribution in [2.24, 2.45) is 0 Å². The molecule has 0 radical (unpaired) electrons. The Labute approximate surface area is 226 Å². The lowest BCUT2D eigenvalue weighted by Crippen LogP contribution is -2.45. The van der Waals surface area contributed by atoms with E-state index in [1.807, 2.05) is 33.8 Å². The quantitative estimate of drug-likeness (QED) is 0.420. The molecule has 3 aromatic rings. The molecule has 2 aromatic heterocycles. The van der Waals surface area contributed by atoms with Gasteiger partial charge in [0.05, 0.1) is 29.2 Å². The number of halogens is 2. The smallest absolute Gasteiger partial charge is 0.319 e. The number of anilines is 1. The lowest BCUT2D eigenvalue weighted by Gasteiger charge is -2.40. The van der Waals surface area contributed by atoms with Crippen molar-refractivity contribution in [1.82, 2.24) is 20.3 Å². The van der Waals surface area contributed by atoms with Crippen molar-refractivity contribution in [2.75, 3.05) is 18.5 Å². The SMILES string of the molecule is Cc1ncc(-c2nc(C3CCOCC3)c(NC(=O)N[C@@H]3c4cc(F)c(F)cc4C(C)(C)C[C@H]3O)cc2C)cn1. The van der Waals surface area contributed by atoms with Crippen LogP contribution >= 0.6 is 0 Å². The summed E-state index contributed by atoms with van der Waals surface area (Å²) in [5.74, 6) is -1.25. The standard InChI is InChI=1S/C29H33F2N5O3/c1-15-9-23(26(17-5-7-39-8-6-17)35-25(15)18-13-32-16(2)33-14-18)34-28(38)36-27-19-10-21(30)22(31)11-20(19)29(3,4)12-24(27)37/h9-11,13-14,17,24,27,37H,5-8,12H2,1-4H3,(H2,34,36,38)/t24-,27-/m1/s1. The Hall–Kier alpha value is -3.50. The van der Waals surface area contributed by atoms with Crippen molar-refractivity contribution >= 4 is 11.7 Å². The van der Waals surface area contributed by atoms with Gasteiger partial charge in [-0.1, -0.05) is 13.8 Å². The summed E-state index contributed by atoms with van der Waals surface area (Å²) in [6.45, 7) is 8.63. The fourth-order valence-electron chi connectivity index (χ4n) is 5.65. The third kappa shape index (κ3) is 5.49. The highest BCUT2D eigenvalue weighted by molar-refractivity contribution is 5.91. The number of aromatic nitrogens is 3. The van der Waals surface area contributed by atoms with Crippen molar-refractivity contribution in [2.45, 2.75) is 70.4 Å². The lowest BCUT2D eigenvalue weighted by molar-refractivity contribution is 0.0846. The largest absolute Gasteiger partial charge is 0.391 e. The van der Waals surface area contributed by atoms with Crippen molar-refractivity contribution in [3.63, 3.8) is 0 Å². The highest BCUT2D eigenvalue weighted by Gasteiger charge is 2.40. The number of pyridine rings is 1. The van der Waals surface area contributed by atoms with Gasteiger partial charge in [-0.15, -0.1) is 0 Å². The number of amides is 2. The first-order valence-corrected chi connectivity index (χ1v) is 13.2. The molecule has 206 valence electrons.